The van der Waals surface area contributed by atoms with Gasteiger partial charge in [-0.15, -0.1) is 0 Å². The molecule has 3 N–H and O–H groups in total. The molecule has 1 saturated heterocycles. The molecule has 4 rings (SSSR count). The first kappa shape index (κ1) is 23.1. The molecule has 3 heterocycles. The number of aromatic nitrogens is 3. The second-order valence-electron chi connectivity index (χ2n) is 8.31. The fourth-order valence-corrected chi connectivity index (χ4v) is 4.14. The van der Waals surface area contributed by atoms with Gasteiger partial charge in [-0.2, -0.15) is 0 Å². The second-order valence-corrected chi connectivity index (χ2v) is 8.72. The van der Waals surface area contributed by atoms with Crippen molar-refractivity contribution in [3.05, 3.63) is 29.4 Å². The number of rotatable bonds is 8. The molecule has 1 amide bonds. The number of halogens is 1. The summed E-state index contributed by atoms with van der Waals surface area (Å²) in [5.74, 6) is 1.38. The van der Waals surface area contributed by atoms with Crippen LogP contribution in [0.2, 0.25) is 5.02 Å². The quantitative estimate of drug-likeness (QED) is 0.462. The maximum Gasteiger partial charge on any atom is 0.257 e. The third kappa shape index (κ3) is 4.99. The van der Waals surface area contributed by atoms with Gasteiger partial charge < -0.3 is 25.1 Å². The summed E-state index contributed by atoms with van der Waals surface area (Å²) in [5, 5.41) is 6.67. The molecule has 1 aromatic carbocycles. The van der Waals surface area contributed by atoms with Crippen molar-refractivity contribution >= 4 is 34.4 Å². The van der Waals surface area contributed by atoms with Crippen LogP contribution in [0.1, 0.15) is 20.3 Å². The lowest BCUT2D eigenvalue weighted by molar-refractivity contribution is -0.122. The van der Waals surface area contributed by atoms with E-state index in [-0.39, 0.29) is 12.5 Å². The minimum Gasteiger partial charge on any atom is -0.493 e. The summed E-state index contributed by atoms with van der Waals surface area (Å²) in [4.78, 5) is 26.4. The maximum absolute atomic E-state index is 11.5. The zero-order chi connectivity index (χ0) is 23.5. The van der Waals surface area contributed by atoms with E-state index in [0.29, 0.717) is 40.1 Å². The number of imidazole rings is 1. The zero-order valence-electron chi connectivity index (χ0n) is 19.2. The van der Waals surface area contributed by atoms with Crippen LogP contribution in [0, 0.1) is 0 Å². The van der Waals surface area contributed by atoms with E-state index >= 15 is 0 Å². The topological polar surface area (TPSA) is 104 Å². The Balaban J connectivity index is 1.60. The smallest absolute Gasteiger partial charge is 0.257 e. The Labute approximate surface area is 197 Å². The minimum absolute atomic E-state index is 0.0936. The second kappa shape index (κ2) is 9.84. The van der Waals surface area contributed by atoms with Gasteiger partial charge >= 0.3 is 0 Å². The van der Waals surface area contributed by atoms with Crippen molar-refractivity contribution in [3.63, 3.8) is 0 Å². The number of amides is 1. The number of fused-ring (bicyclic) bond motifs is 1. The Morgan fingerprint density at radius 1 is 1.36 bits per heavy atom. The van der Waals surface area contributed by atoms with Crippen LogP contribution in [0.25, 0.3) is 22.6 Å². The molecular formula is C23H29ClN6O3. The first-order chi connectivity index (χ1) is 15.9. The highest BCUT2D eigenvalue weighted by Gasteiger charge is 2.26. The molecule has 3 aromatic rings. The van der Waals surface area contributed by atoms with Gasteiger partial charge in [-0.1, -0.05) is 11.6 Å². The number of likely N-dealkylation sites (N-methyl/N-ethyl adjacent to an activating group) is 1. The molecule has 1 atom stereocenters. The van der Waals surface area contributed by atoms with E-state index in [9.17, 15) is 4.79 Å². The predicted octanol–water partition coefficient (Wildman–Crippen LogP) is 3.31. The monoisotopic (exact) mass is 472 g/mol. The number of benzene rings is 1. The highest BCUT2D eigenvalue weighted by Crippen LogP contribution is 2.35. The third-order valence-corrected chi connectivity index (χ3v) is 6.13. The highest BCUT2D eigenvalue weighted by molar-refractivity contribution is 6.34. The van der Waals surface area contributed by atoms with Crippen LogP contribution in [-0.2, 0) is 4.79 Å². The third-order valence-electron chi connectivity index (χ3n) is 5.85. The summed E-state index contributed by atoms with van der Waals surface area (Å²) < 4.78 is 11.0. The molecule has 0 saturated carbocycles. The Kier molecular flexibility index (Phi) is 6.90. The minimum atomic E-state index is -0.222. The summed E-state index contributed by atoms with van der Waals surface area (Å²) in [5.41, 5.74) is 2.95. The number of nitrogens with zero attached hydrogens (tertiary/aromatic N) is 3. The molecule has 0 radical (unpaired) electrons. The number of hydrogen-bond donors (Lipinski definition) is 3. The number of aromatic amines is 1. The zero-order valence-corrected chi connectivity index (χ0v) is 20.0. The van der Waals surface area contributed by atoms with Gasteiger partial charge in [0.1, 0.15) is 11.3 Å². The van der Waals surface area contributed by atoms with Gasteiger partial charge in [0.25, 0.3) is 5.91 Å². The van der Waals surface area contributed by atoms with Crippen LogP contribution in [-0.4, -0.2) is 71.7 Å². The molecule has 0 aliphatic carbocycles. The number of H-pyrrole nitrogens is 1. The highest BCUT2D eigenvalue weighted by atomic mass is 35.5. The summed E-state index contributed by atoms with van der Waals surface area (Å²) in [7, 11) is 3.11. The molecular weight excluding hydrogens is 444 g/mol. The van der Waals surface area contributed by atoms with Gasteiger partial charge in [0.2, 0.25) is 0 Å². The van der Waals surface area contributed by atoms with E-state index in [0.717, 1.165) is 36.3 Å². The Bertz CT molecular complexity index is 1150. The number of carbonyl (C=O) groups is 1. The fraction of sp³-hybridized carbons (Fsp3) is 0.435. The molecule has 2 aromatic heterocycles. The summed E-state index contributed by atoms with van der Waals surface area (Å²) >= 11 is 6.52. The van der Waals surface area contributed by atoms with E-state index in [1.165, 1.54) is 0 Å². The fourth-order valence-electron chi connectivity index (χ4n) is 3.94. The van der Waals surface area contributed by atoms with E-state index in [4.69, 9.17) is 21.1 Å². The summed E-state index contributed by atoms with van der Waals surface area (Å²) in [6.07, 6.45) is 2.68. The van der Waals surface area contributed by atoms with Crippen molar-refractivity contribution in [2.24, 2.45) is 0 Å². The van der Waals surface area contributed by atoms with Crippen molar-refractivity contribution in [1.29, 1.82) is 0 Å². The van der Waals surface area contributed by atoms with Crippen molar-refractivity contribution in [2.45, 2.75) is 32.4 Å². The number of carbonyl (C=O) groups excluding carboxylic acids is 1. The molecule has 1 fully saturated rings. The van der Waals surface area contributed by atoms with E-state index in [1.807, 2.05) is 12.1 Å². The van der Waals surface area contributed by atoms with Gasteiger partial charge in [0.15, 0.2) is 23.8 Å². The molecule has 0 unspecified atom stereocenters. The lowest BCUT2D eigenvalue weighted by atomic mass is 10.2. The predicted molar refractivity (Wildman–Crippen MR) is 129 cm³/mol. The summed E-state index contributed by atoms with van der Waals surface area (Å²) in [6.45, 7) is 6.36. The van der Waals surface area contributed by atoms with Crippen LogP contribution < -0.4 is 20.1 Å². The van der Waals surface area contributed by atoms with Gasteiger partial charge in [-0.05, 0) is 38.5 Å². The lowest BCUT2D eigenvalue weighted by Crippen LogP contribution is -2.31. The van der Waals surface area contributed by atoms with Gasteiger partial charge in [0, 0.05) is 37.8 Å². The Hall–Kier alpha value is -3.04. The standard InChI is InChI=1S/C23H29ClN6O3/c1-13(2)30-8-7-15(11-30)27-20-16(24)10-26-23-21(20)28-22(29-23)14-5-6-17(18(9-14)32-4)33-12-19(31)25-3/h5-6,9-10,13,15H,7-8,11-12H2,1-4H3,(H,25,31)(H2,26,27,28,29)/t15-/m0/s1. The average molecular weight is 473 g/mol. The first-order valence-electron chi connectivity index (χ1n) is 11.0. The van der Waals surface area contributed by atoms with Crippen LogP contribution in [0.5, 0.6) is 11.5 Å². The van der Waals surface area contributed by atoms with Gasteiger partial charge in [-0.25, -0.2) is 9.97 Å². The summed E-state index contributed by atoms with van der Waals surface area (Å²) in [6, 6.07) is 6.23. The van der Waals surface area contributed by atoms with Crippen LogP contribution in [0.4, 0.5) is 5.69 Å². The van der Waals surface area contributed by atoms with Crippen molar-refractivity contribution in [1.82, 2.24) is 25.2 Å². The maximum atomic E-state index is 11.5. The molecule has 33 heavy (non-hydrogen) atoms. The molecule has 176 valence electrons. The molecule has 1 aliphatic rings. The van der Waals surface area contributed by atoms with E-state index in [1.54, 1.807) is 26.4 Å². The lowest BCUT2D eigenvalue weighted by Gasteiger charge is -2.21. The van der Waals surface area contributed by atoms with Gasteiger partial charge in [0.05, 0.1) is 24.0 Å². The Morgan fingerprint density at radius 3 is 2.88 bits per heavy atom. The Morgan fingerprint density at radius 2 is 2.18 bits per heavy atom. The van der Waals surface area contributed by atoms with Crippen molar-refractivity contribution in [3.8, 4) is 22.9 Å². The number of pyridine rings is 1. The number of anilines is 1. The van der Waals surface area contributed by atoms with E-state index in [2.05, 4.69) is 44.3 Å². The number of nitrogens with one attached hydrogen (secondary N) is 3. The van der Waals surface area contributed by atoms with Crippen LogP contribution in [0.3, 0.4) is 0 Å². The largest absolute Gasteiger partial charge is 0.493 e. The van der Waals surface area contributed by atoms with Crippen LogP contribution >= 0.6 is 11.6 Å². The molecule has 1 aliphatic heterocycles. The van der Waals surface area contributed by atoms with Crippen molar-refractivity contribution < 1.29 is 14.3 Å². The van der Waals surface area contributed by atoms with Crippen LogP contribution in [0.15, 0.2) is 24.4 Å². The van der Waals surface area contributed by atoms with E-state index < -0.39 is 0 Å². The normalized spacial score (nSPS) is 16.4. The SMILES string of the molecule is CNC(=O)COc1ccc(-c2nc3ncc(Cl)c(N[C@H]4CCN(C(C)C)C4)c3[nH]2)cc1OC. The number of ether oxygens (including phenoxy) is 2. The number of likely N-dealkylation sites (tertiary alicyclic amines) is 1. The molecule has 0 spiro atoms. The van der Waals surface area contributed by atoms with Crippen molar-refractivity contribution in [2.75, 3.05) is 39.2 Å². The number of hydrogen-bond acceptors (Lipinski definition) is 7. The molecule has 10 heteroatoms. The molecule has 0 bridgehead atoms. The molecule has 9 nitrogen and oxygen atoms in total. The first-order valence-corrected chi connectivity index (χ1v) is 11.3. The number of methoxy groups -OCH3 is 1. The van der Waals surface area contributed by atoms with Gasteiger partial charge in [-0.3, -0.25) is 9.69 Å². The average Bonchev–Trinajstić information content (AvgIpc) is 3.46.